The first-order chi connectivity index (χ1) is 11.4. The van der Waals surface area contributed by atoms with Crippen molar-refractivity contribution in [2.75, 3.05) is 29.1 Å². The van der Waals surface area contributed by atoms with Crippen molar-refractivity contribution < 1.29 is 9.59 Å². The fraction of sp³-hybridized carbons (Fsp3) is 0.263. The summed E-state index contributed by atoms with van der Waals surface area (Å²) in [6.45, 7) is 5.64. The number of carbonyl (C=O) groups excluding carboxylic acids is 2. The Kier molecular flexibility index (Phi) is 5.58. The molecule has 0 spiro atoms. The third-order valence-electron chi connectivity index (χ3n) is 3.93. The third kappa shape index (κ3) is 4.35. The molecule has 2 N–H and O–H groups in total. The highest BCUT2D eigenvalue weighted by molar-refractivity contribution is 5.95. The van der Waals surface area contributed by atoms with Crippen LogP contribution in [0.5, 0.6) is 0 Å². The van der Waals surface area contributed by atoms with Crippen LogP contribution in [0.25, 0.3) is 0 Å². The van der Waals surface area contributed by atoms with E-state index in [1.807, 2.05) is 56.3 Å². The largest absolute Gasteiger partial charge is 0.376 e. The van der Waals surface area contributed by atoms with E-state index in [1.165, 1.54) is 6.92 Å². The number of hydrogen-bond donors (Lipinski definition) is 2. The second-order valence-corrected chi connectivity index (χ2v) is 5.79. The van der Waals surface area contributed by atoms with Crippen LogP contribution in [0.4, 0.5) is 17.1 Å². The molecule has 2 aromatic carbocycles. The van der Waals surface area contributed by atoms with Crippen molar-refractivity contribution in [3.8, 4) is 0 Å². The Morgan fingerprint density at radius 2 is 1.58 bits per heavy atom. The molecule has 2 aromatic rings. The molecule has 0 aromatic heterocycles. The van der Waals surface area contributed by atoms with Gasteiger partial charge in [-0.3, -0.25) is 9.59 Å². The highest BCUT2D eigenvalue weighted by Gasteiger charge is 2.08. The maximum absolute atomic E-state index is 12.1. The van der Waals surface area contributed by atoms with E-state index in [2.05, 4.69) is 10.6 Å². The lowest BCUT2D eigenvalue weighted by Crippen LogP contribution is -2.23. The Morgan fingerprint density at radius 1 is 1.00 bits per heavy atom. The van der Waals surface area contributed by atoms with Crippen molar-refractivity contribution in [1.82, 2.24) is 0 Å². The van der Waals surface area contributed by atoms with Crippen molar-refractivity contribution in [2.45, 2.75) is 20.8 Å². The minimum absolute atomic E-state index is 0.0244. The average molecular weight is 325 g/mol. The van der Waals surface area contributed by atoms with Gasteiger partial charge in [0.1, 0.15) is 0 Å². The van der Waals surface area contributed by atoms with Gasteiger partial charge in [0, 0.05) is 31.0 Å². The van der Waals surface area contributed by atoms with Crippen LogP contribution < -0.4 is 15.5 Å². The zero-order chi connectivity index (χ0) is 17.7. The molecule has 5 nitrogen and oxygen atoms in total. The van der Waals surface area contributed by atoms with Crippen LogP contribution in [-0.4, -0.2) is 25.4 Å². The predicted octanol–water partition coefficient (Wildman–Crippen LogP) is 3.34. The summed E-state index contributed by atoms with van der Waals surface area (Å²) in [6, 6.07) is 13.3. The number of benzene rings is 2. The average Bonchev–Trinajstić information content (AvgIpc) is 2.56. The molecule has 2 amide bonds. The summed E-state index contributed by atoms with van der Waals surface area (Å²) in [5.74, 6) is -0.124. The molecule has 5 heteroatoms. The van der Waals surface area contributed by atoms with Gasteiger partial charge < -0.3 is 15.5 Å². The minimum Gasteiger partial charge on any atom is -0.376 e. The van der Waals surface area contributed by atoms with Crippen molar-refractivity contribution in [3.05, 3.63) is 53.6 Å². The summed E-state index contributed by atoms with van der Waals surface area (Å²) < 4.78 is 0. The van der Waals surface area contributed by atoms with E-state index in [0.717, 1.165) is 28.2 Å². The molecule has 0 saturated carbocycles. The Balaban J connectivity index is 1.93. The van der Waals surface area contributed by atoms with Crippen LogP contribution in [0.2, 0.25) is 0 Å². The molecule has 126 valence electrons. The monoisotopic (exact) mass is 325 g/mol. The van der Waals surface area contributed by atoms with Gasteiger partial charge in [-0.25, -0.2) is 0 Å². The number of nitrogens with zero attached hydrogens (tertiary/aromatic N) is 1. The van der Waals surface area contributed by atoms with Gasteiger partial charge in [0.2, 0.25) is 11.8 Å². The maximum atomic E-state index is 12.1. The number of rotatable bonds is 5. The number of anilines is 3. The second kappa shape index (κ2) is 7.64. The minimum atomic E-state index is -0.0997. The van der Waals surface area contributed by atoms with Crippen LogP contribution in [0.15, 0.2) is 42.5 Å². The molecular formula is C19H23N3O2. The van der Waals surface area contributed by atoms with E-state index in [4.69, 9.17) is 0 Å². The predicted molar refractivity (Wildman–Crippen MR) is 98.6 cm³/mol. The lowest BCUT2D eigenvalue weighted by atomic mass is 10.1. The Labute approximate surface area is 142 Å². The van der Waals surface area contributed by atoms with Crippen molar-refractivity contribution in [3.63, 3.8) is 0 Å². The van der Waals surface area contributed by atoms with Gasteiger partial charge in [-0.2, -0.15) is 0 Å². The van der Waals surface area contributed by atoms with E-state index in [-0.39, 0.29) is 18.4 Å². The van der Waals surface area contributed by atoms with Gasteiger partial charge in [-0.05, 0) is 49.2 Å². The second-order valence-electron chi connectivity index (χ2n) is 5.79. The fourth-order valence-corrected chi connectivity index (χ4v) is 2.36. The number of nitrogens with one attached hydrogen (secondary N) is 2. The fourth-order valence-electron chi connectivity index (χ4n) is 2.36. The van der Waals surface area contributed by atoms with Gasteiger partial charge >= 0.3 is 0 Å². The molecule has 0 aliphatic rings. The first-order valence-electron chi connectivity index (χ1n) is 7.83. The van der Waals surface area contributed by atoms with Crippen LogP contribution >= 0.6 is 0 Å². The summed E-state index contributed by atoms with van der Waals surface area (Å²) in [7, 11) is 1.72. The highest BCUT2D eigenvalue weighted by atomic mass is 16.2. The molecular weight excluding hydrogens is 302 g/mol. The maximum Gasteiger partial charge on any atom is 0.243 e. The summed E-state index contributed by atoms with van der Waals surface area (Å²) in [6.07, 6.45) is 0. The van der Waals surface area contributed by atoms with Crippen LogP contribution in [0, 0.1) is 13.8 Å². The quantitative estimate of drug-likeness (QED) is 0.886. The van der Waals surface area contributed by atoms with Gasteiger partial charge in [0.05, 0.1) is 6.54 Å². The van der Waals surface area contributed by atoms with Gasteiger partial charge in [0.25, 0.3) is 0 Å². The molecule has 0 saturated heterocycles. The lowest BCUT2D eigenvalue weighted by Gasteiger charge is -2.16. The normalized spacial score (nSPS) is 10.2. The SMILES string of the molecule is CC(=O)N(C)c1ccc(NCC(=O)Nc2c(C)cccc2C)cc1. The van der Waals surface area contributed by atoms with E-state index in [1.54, 1.807) is 11.9 Å². The molecule has 0 atom stereocenters. The van der Waals surface area contributed by atoms with Gasteiger partial charge in [-0.1, -0.05) is 18.2 Å². The van der Waals surface area contributed by atoms with Crippen LogP contribution in [0.1, 0.15) is 18.1 Å². The summed E-state index contributed by atoms with van der Waals surface area (Å²) in [4.78, 5) is 25.0. The zero-order valence-electron chi connectivity index (χ0n) is 14.5. The summed E-state index contributed by atoms with van der Waals surface area (Å²) >= 11 is 0. The first-order valence-corrected chi connectivity index (χ1v) is 7.83. The van der Waals surface area contributed by atoms with E-state index in [9.17, 15) is 9.59 Å². The Morgan fingerprint density at radius 3 is 2.12 bits per heavy atom. The summed E-state index contributed by atoms with van der Waals surface area (Å²) in [5.41, 5.74) is 4.59. The van der Waals surface area contributed by atoms with E-state index >= 15 is 0 Å². The summed E-state index contributed by atoms with van der Waals surface area (Å²) in [5, 5.41) is 6.02. The molecule has 0 unspecified atom stereocenters. The smallest absolute Gasteiger partial charge is 0.243 e. The molecule has 0 aliphatic heterocycles. The topological polar surface area (TPSA) is 61.4 Å². The standard InChI is InChI=1S/C19H23N3O2/c1-13-6-5-7-14(2)19(13)21-18(24)12-20-16-8-10-17(11-9-16)22(4)15(3)23/h5-11,20H,12H2,1-4H3,(H,21,24). The number of carbonyl (C=O) groups is 2. The number of para-hydroxylation sites is 1. The number of aryl methyl sites for hydroxylation is 2. The molecule has 0 fully saturated rings. The molecule has 0 aliphatic carbocycles. The number of hydrogen-bond acceptors (Lipinski definition) is 3. The zero-order valence-corrected chi connectivity index (χ0v) is 14.5. The lowest BCUT2D eigenvalue weighted by molar-refractivity contribution is -0.116. The molecule has 0 bridgehead atoms. The molecule has 24 heavy (non-hydrogen) atoms. The Hall–Kier alpha value is -2.82. The van der Waals surface area contributed by atoms with Crippen molar-refractivity contribution >= 4 is 28.9 Å². The van der Waals surface area contributed by atoms with E-state index in [0.29, 0.717) is 0 Å². The Bertz CT molecular complexity index is 719. The van der Waals surface area contributed by atoms with Crippen LogP contribution in [-0.2, 0) is 9.59 Å². The van der Waals surface area contributed by atoms with Gasteiger partial charge in [0.15, 0.2) is 0 Å². The van der Waals surface area contributed by atoms with Gasteiger partial charge in [-0.15, -0.1) is 0 Å². The molecule has 0 heterocycles. The van der Waals surface area contributed by atoms with Crippen LogP contribution in [0.3, 0.4) is 0 Å². The van der Waals surface area contributed by atoms with Crippen molar-refractivity contribution in [2.24, 2.45) is 0 Å². The number of amides is 2. The highest BCUT2D eigenvalue weighted by Crippen LogP contribution is 2.20. The van der Waals surface area contributed by atoms with Crippen molar-refractivity contribution in [1.29, 1.82) is 0 Å². The first kappa shape index (κ1) is 17.5. The molecule has 0 radical (unpaired) electrons. The molecule has 2 rings (SSSR count). The van der Waals surface area contributed by atoms with E-state index < -0.39 is 0 Å². The third-order valence-corrected chi connectivity index (χ3v) is 3.93.